The summed E-state index contributed by atoms with van der Waals surface area (Å²) in [4.78, 5) is 13.7. The van der Waals surface area contributed by atoms with Crippen LogP contribution in [0, 0.1) is 10.1 Å². The van der Waals surface area contributed by atoms with E-state index in [0.29, 0.717) is 0 Å². The maximum Gasteiger partial charge on any atom is 0.271 e. The molecule has 0 atom stereocenters. The van der Waals surface area contributed by atoms with Gasteiger partial charge in [0.25, 0.3) is 5.69 Å². The average molecular weight is 384 g/mol. The average Bonchev–Trinajstić information content (AvgIpc) is 3.09. The van der Waals surface area contributed by atoms with Crippen LogP contribution < -0.4 is 0 Å². The number of H-pyrrole nitrogens is 1. The number of fused-ring (bicyclic) bond motifs is 2. The Morgan fingerprint density at radius 3 is 2.79 bits per heavy atom. The zero-order valence-corrected chi connectivity index (χ0v) is 14.5. The first kappa shape index (κ1) is 15.0. The first-order valence-corrected chi connectivity index (χ1v) is 8.30. The molecule has 5 nitrogen and oxygen atoms in total. The number of non-ortho nitro benzene ring substituents is 1. The van der Waals surface area contributed by atoms with Crippen LogP contribution in [0.4, 0.5) is 5.69 Å². The van der Waals surface area contributed by atoms with Gasteiger partial charge in [-0.2, -0.15) is 0 Å². The lowest BCUT2D eigenvalue weighted by Gasteiger charge is -2.00. The highest BCUT2D eigenvalue weighted by molar-refractivity contribution is 9.10. The first-order chi connectivity index (χ1) is 11.5. The highest BCUT2D eigenvalue weighted by atomic mass is 79.9. The van der Waals surface area contributed by atoms with E-state index in [-0.39, 0.29) is 10.6 Å². The third kappa shape index (κ3) is 2.39. The minimum absolute atomic E-state index is 0.102. The summed E-state index contributed by atoms with van der Waals surface area (Å²) < 4.78 is 3.17. The third-order valence-electron chi connectivity index (χ3n) is 4.38. The second-order valence-corrected chi connectivity index (χ2v) is 6.82. The number of hydrogen-bond acceptors (Lipinski definition) is 2. The number of benzene rings is 2. The molecule has 6 heteroatoms. The molecule has 0 saturated heterocycles. The maximum atomic E-state index is 10.9. The fourth-order valence-corrected chi connectivity index (χ4v) is 3.59. The topological polar surface area (TPSA) is 63.9 Å². The Morgan fingerprint density at radius 2 is 2.00 bits per heavy atom. The highest BCUT2D eigenvalue weighted by Gasteiger charge is 2.13. The fraction of sp³-hybridized carbons (Fsp3) is 0.111. The molecule has 0 radical (unpaired) electrons. The van der Waals surface area contributed by atoms with Crippen molar-refractivity contribution in [1.82, 2.24) is 9.55 Å². The first-order valence-electron chi connectivity index (χ1n) is 7.51. The molecule has 0 bridgehead atoms. The van der Waals surface area contributed by atoms with E-state index in [0.717, 1.165) is 27.4 Å². The van der Waals surface area contributed by atoms with Crippen molar-refractivity contribution < 1.29 is 4.92 Å². The van der Waals surface area contributed by atoms with Crippen LogP contribution in [-0.2, 0) is 13.5 Å². The normalized spacial score (nSPS) is 11.4. The minimum atomic E-state index is -0.373. The van der Waals surface area contributed by atoms with E-state index < -0.39 is 0 Å². The molecule has 24 heavy (non-hydrogen) atoms. The van der Waals surface area contributed by atoms with Crippen LogP contribution in [0.1, 0.15) is 11.1 Å². The lowest BCUT2D eigenvalue weighted by atomic mass is 10.0. The van der Waals surface area contributed by atoms with Crippen LogP contribution >= 0.6 is 15.9 Å². The number of aryl methyl sites for hydroxylation is 1. The van der Waals surface area contributed by atoms with E-state index >= 15 is 0 Å². The Hall–Kier alpha value is -2.60. The molecule has 4 aromatic rings. The number of hydrogen-bond donors (Lipinski definition) is 1. The van der Waals surface area contributed by atoms with Gasteiger partial charge < -0.3 is 9.55 Å². The largest absolute Gasteiger partial charge is 0.361 e. The molecule has 4 rings (SSSR count). The van der Waals surface area contributed by atoms with Crippen LogP contribution in [0.3, 0.4) is 0 Å². The summed E-state index contributed by atoms with van der Waals surface area (Å²) in [5.41, 5.74) is 4.44. The Morgan fingerprint density at radius 1 is 1.17 bits per heavy atom. The van der Waals surface area contributed by atoms with Gasteiger partial charge in [0.1, 0.15) is 0 Å². The SMILES string of the molecule is Cn1cc(Cc2c[nH]c3cc([N+](=O)[O-])ccc23)c2cc(Br)ccc21. The number of nitro benzene ring substituents is 1. The van der Waals surface area contributed by atoms with Gasteiger partial charge in [-0.3, -0.25) is 10.1 Å². The number of nitrogens with one attached hydrogen (secondary N) is 1. The van der Waals surface area contributed by atoms with Gasteiger partial charge in [-0.25, -0.2) is 0 Å². The van der Waals surface area contributed by atoms with Crippen LogP contribution in [-0.4, -0.2) is 14.5 Å². The molecule has 120 valence electrons. The smallest absolute Gasteiger partial charge is 0.271 e. The number of halogens is 1. The van der Waals surface area contributed by atoms with Gasteiger partial charge in [-0.1, -0.05) is 15.9 Å². The molecule has 0 aliphatic heterocycles. The number of nitrogens with zero attached hydrogens (tertiary/aromatic N) is 2. The van der Waals surface area contributed by atoms with Crippen molar-refractivity contribution >= 4 is 43.4 Å². The quantitative estimate of drug-likeness (QED) is 0.403. The predicted molar refractivity (Wildman–Crippen MR) is 98.4 cm³/mol. The second kappa shape index (κ2) is 5.49. The Kier molecular flexibility index (Phi) is 3.42. The van der Waals surface area contributed by atoms with Crippen molar-refractivity contribution in [3.63, 3.8) is 0 Å². The van der Waals surface area contributed by atoms with Crippen LogP contribution in [0.25, 0.3) is 21.8 Å². The van der Waals surface area contributed by atoms with E-state index in [9.17, 15) is 10.1 Å². The Labute approximate surface area is 146 Å². The van der Waals surface area contributed by atoms with Crippen molar-refractivity contribution in [2.75, 3.05) is 0 Å². The molecule has 0 spiro atoms. The summed E-state index contributed by atoms with van der Waals surface area (Å²) in [5.74, 6) is 0. The molecule has 0 unspecified atom stereocenters. The summed E-state index contributed by atoms with van der Waals surface area (Å²) >= 11 is 3.54. The molecule has 0 aliphatic rings. The van der Waals surface area contributed by atoms with E-state index in [1.54, 1.807) is 12.1 Å². The van der Waals surface area contributed by atoms with Crippen LogP contribution in [0.15, 0.2) is 53.3 Å². The monoisotopic (exact) mass is 383 g/mol. The molecule has 1 N–H and O–H groups in total. The van der Waals surface area contributed by atoms with Gasteiger partial charge >= 0.3 is 0 Å². The fourth-order valence-electron chi connectivity index (χ4n) is 3.23. The number of aromatic nitrogens is 2. The summed E-state index contributed by atoms with van der Waals surface area (Å²) in [6.45, 7) is 0. The number of nitro groups is 1. The predicted octanol–water partition coefficient (Wildman–Crippen LogP) is 4.92. The van der Waals surface area contributed by atoms with Gasteiger partial charge in [-0.15, -0.1) is 0 Å². The molecule has 0 amide bonds. The van der Waals surface area contributed by atoms with Gasteiger partial charge in [0.2, 0.25) is 0 Å². The van der Waals surface area contributed by atoms with Crippen LogP contribution in [0.5, 0.6) is 0 Å². The summed E-state index contributed by atoms with van der Waals surface area (Å²) in [6.07, 6.45) is 4.85. The van der Waals surface area contributed by atoms with E-state index in [1.165, 1.54) is 16.5 Å². The summed E-state index contributed by atoms with van der Waals surface area (Å²) in [7, 11) is 2.04. The third-order valence-corrected chi connectivity index (χ3v) is 4.87. The zero-order chi connectivity index (χ0) is 16.8. The molecule has 2 aromatic heterocycles. The van der Waals surface area contributed by atoms with Gasteiger partial charge in [0.05, 0.1) is 10.4 Å². The molecular weight excluding hydrogens is 370 g/mol. The molecule has 2 aromatic carbocycles. The number of rotatable bonds is 3. The summed E-state index contributed by atoms with van der Waals surface area (Å²) in [6, 6.07) is 11.2. The standard InChI is InChI=1S/C18H14BrN3O2/c1-21-10-12(16-7-13(19)2-5-18(16)21)6-11-9-20-17-8-14(22(23)24)3-4-15(11)17/h2-5,7-10,20H,6H2,1H3. The minimum Gasteiger partial charge on any atom is -0.361 e. The van der Waals surface area contributed by atoms with Gasteiger partial charge in [-0.05, 0) is 35.4 Å². The highest BCUT2D eigenvalue weighted by Crippen LogP contribution is 2.29. The Balaban J connectivity index is 1.80. The molecule has 0 fully saturated rings. The second-order valence-electron chi connectivity index (χ2n) is 5.90. The Bertz CT molecular complexity index is 1090. The van der Waals surface area contributed by atoms with Crippen molar-refractivity contribution in [3.8, 4) is 0 Å². The lowest BCUT2D eigenvalue weighted by Crippen LogP contribution is -1.88. The van der Waals surface area contributed by atoms with E-state index in [2.05, 4.69) is 43.8 Å². The van der Waals surface area contributed by atoms with Crippen molar-refractivity contribution in [1.29, 1.82) is 0 Å². The van der Waals surface area contributed by atoms with Crippen molar-refractivity contribution in [2.45, 2.75) is 6.42 Å². The molecule has 2 heterocycles. The maximum absolute atomic E-state index is 10.9. The van der Waals surface area contributed by atoms with E-state index in [4.69, 9.17) is 0 Å². The zero-order valence-electron chi connectivity index (χ0n) is 12.9. The van der Waals surface area contributed by atoms with Crippen LogP contribution in [0.2, 0.25) is 0 Å². The van der Waals surface area contributed by atoms with Crippen molar-refractivity contribution in [3.05, 3.63) is 74.5 Å². The molecule has 0 aliphatic carbocycles. The van der Waals surface area contributed by atoms with Gasteiger partial charge in [0.15, 0.2) is 0 Å². The lowest BCUT2D eigenvalue weighted by molar-refractivity contribution is -0.384. The van der Waals surface area contributed by atoms with E-state index in [1.807, 2.05) is 25.4 Å². The van der Waals surface area contributed by atoms with Crippen molar-refractivity contribution in [2.24, 2.45) is 7.05 Å². The number of aromatic amines is 1. The molecular formula is C18H14BrN3O2. The molecule has 0 saturated carbocycles. The van der Waals surface area contributed by atoms with Gasteiger partial charge in [0, 0.05) is 58.8 Å². The summed E-state index contributed by atoms with van der Waals surface area (Å²) in [5, 5.41) is 13.1.